The zero-order valence-corrected chi connectivity index (χ0v) is 18.3. The molecule has 2 aromatic rings. The van der Waals surface area contributed by atoms with Crippen molar-refractivity contribution in [2.24, 2.45) is 5.14 Å². The number of sulfonamides is 2. The zero-order valence-electron chi connectivity index (χ0n) is 16.7. The van der Waals surface area contributed by atoms with Crippen molar-refractivity contribution < 1.29 is 26.4 Å². The van der Waals surface area contributed by atoms with Gasteiger partial charge in [0.05, 0.1) is 9.79 Å². The highest BCUT2D eigenvalue weighted by molar-refractivity contribution is 7.89. The molecule has 0 radical (unpaired) electrons. The first kappa shape index (κ1) is 22.9. The van der Waals surface area contributed by atoms with E-state index in [4.69, 9.17) is 5.14 Å². The number of anilines is 1. The van der Waals surface area contributed by atoms with Crippen LogP contribution >= 0.6 is 0 Å². The van der Waals surface area contributed by atoms with E-state index in [0.29, 0.717) is 18.8 Å². The Kier molecular flexibility index (Phi) is 6.46. The van der Waals surface area contributed by atoms with Gasteiger partial charge in [0, 0.05) is 44.4 Å². The minimum atomic E-state index is -3.85. The van der Waals surface area contributed by atoms with Crippen LogP contribution in [-0.4, -0.2) is 64.0 Å². The number of hydrogen-bond acceptors (Lipinski definition) is 6. The van der Waals surface area contributed by atoms with Crippen LogP contribution in [-0.2, 0) is 24.8 Å². The molecule has 1 heterocycles. The number of amides is 2. The molecule has 166 valence electrons. The second-order valence-corrected chi connectivity index (χ2v) is 10.5. The lowest BCUT2D eigenvalue weighted by atomic mass is 10.2. The lowest BCUT2D eigenvalue weighted by Crippen LogP contribution is -2.49. The first-order valence-electron chi connectivity index (χ1n) is 9.28. The summed E-state index contributed by atoms with van der Waals surface area (Å²) in [5, 5.41) is 7.63. The third-order valence-corrected chi connectivity index (χ3v) is 7.68. The van der Waals surface area contributed by atoms with Crippen LogP contribution in [0.25, 0.3) is 0 Å². The molecule has 3 rings (SSSR count). The summed E-state index contributed by atoms with van der Waals surface area (Å²) in [4.78, 5) is 25.5. The second kappa shape index (κ2) is 8.75. The number of nitrogens with two attached hydrogens (primary N) is 1. The van der Waals surface area contributed by atoms with Crippen LogP contribution in [0.4, 0.5) is 5.69 Å². The average molecular weight is 467 g/mol. The van der Waals surface area contributed by atoms with E-state index in [1.54, 1.807) is 4.90 Å². The molecule has 1 aliphatic rings. The summed E-state index contributed by atoms with van der Waals surface area (Å²) < 4.78 is 49.8. The molecule has 2 aromatic carbocycles. The maximum atomic E-state index is 13.0. The van der Waals surface area contributed by atoms with Crippen LogP contribution in [0.15, 0.2) is 58.3 Å². The monoisotopic (exact) mass is 466 g/mol. The van der Waals surface area contributed by atoms with E-state index in [1.807, 2.05) is 0 Å². The van der Waals surface area contributed by atoms with Crippen molar-refractivity contribution in [1.29, 1.82) is 0 Å². The molecule has 1 saturated heterocycles. The predicted molar refractivity (Wildman–Crippen MR) is 113 cm³/mol. The highest BCUT2D eigenvalue weighted by Crippen LogP contribution is 2.20. The summed E-state index contributed by atoms with van der Waals surface area (Å²) in [6.07, 6.45) is 0. The Morgan fingerprint density at radius 1 is 0.903 bits per heavy atom. The molecule has 0 bridgehead atoms. The molecule has 1 aliphatic heterocycles. The van der Waals surface area contributed by atoms with Gasteiger partial charge < -0.3 is 10.2 Å². The van der Waals surface area contributed by atoms with Gasteiger partial charge in [-0.15, -0.1) is 0 Å². The lowest BCUT2D eigenvalue weighted by molar-refractivity contribution is -0.129. The van der Waals surface area contributed by atoms with Crippen LogP contribution < -0.4 is 10.5 Å². The van der Waals surface area contributed by atoms with E-state index >= 15 is 0 Å². The second-order valence-electron chi connectivity index (χ2n) is 6.96. The van der Waals surface area contributed by atoms with E-state index in [1.165, 1.54) is 59.8 Å². The molecule has 0 spiro atoms. The number of carbonyl (C=O) groups is 2. The summed E-state index contributed by atoms with van der Waals surface area (Å²) >= 11 is 0. The fourth-order valence-electron chi connectivity index (χ4n) is 3.12. The number of carbonyl (C=O) groups excluding carboxylic acids is 2. The minimum Gasteiger partial charge on any atom is -0.340 e. The Morgan fingerprint density at radius 3 is 2.06 bits per heavy atom. The van der Waals surface area contributed by atoms with Gasteiger partial charge in [-0.1, -0.05) is 6.07 Å². The van der Waals surface area contributed by atoms with Gasteiger partial charge in [0.2, 0.25) is 26.0 Å². The van der Waals surface area contributed by atoms with E-state index in [2.05, 4.69) is 5.32 Å². The first-order valence-corrected chi connectivity index (χ1v) is 12.3. The number of hydrogen-bond donors (Lipinski definition) is 2. The van der Waals surface area contributed by atoms with Crippen molar-refractivity contribution >= 4 is 37.5 Å². The van der Waals surface area contributed by atoms with Crippen molar-refractivity contribution in [2.75, 3.05) is 31.5 Å². The number of primary sulfonamides is 1. The Bertz CT molecular complexity index is 1200. The molecule has 0 atom stereocenters. The Hall–Kier alpha value is -2.80. The topological polar surface area (TPSA) is 147 Å². The summed E-state index contributed by atoms with van der Waals surface area (Å²) in [5.41, 5.74) is 0.449. The van der Waals surface area contributed by atoms with Crippen molar-refractivity contribution in [3.63, 3.8) is 0 Å². The molecule has 12 heteroatoms. The van der Waals surface area contributed by atoms with Crippen molar-refractivity contribution in [3.05, 3.63) is 54.1 Å². The smallest absolute Gasteiger partial charge is 0.255 e. The van der Waals surface area contributed by atoms with Crippen molar-refractivity contribution in [3.8, 4) is 0 Å². The minimum absolute atomic E-state index is 0.0269. The summed E-state index contributed by atoms with van der Waals surface area (Å²) in [5.74, 6) is -0.658. The molecule has 2 amide bonds. The molecule has 0 saturated carbocycles. The zero-order chi connectivity index (χ0) is 22.8. The fraction of sp³-hybridized carbons (Fsp3) is 0.263. The normalized spacial score (nSPS) is 15.5. The largest absolute Gasteiger partial charge is 0.340 e. The van der Waals surface area contributed by atoms with Gasteiger partial charge in [-0.25, -0.2) is 22.0 Å². The standard InChI is InChI=1S/C19H22N4O6S2/c1-14(24)22-9-11-23(12-10-22)31(28,29)18-4-2-3-15(13-18)19(25)21-16-5-7-17(8-6-16)30(20,26)27/h2-8,13H,9-12H2,1H3,(H,21,25)(H2,20,26,27). The number of nitrogens with zero attached hydrogens (tertiary/aromatic N) is 2. The molecule has 0 unspecified atom stereocenters. The van der Waals surface area contributed by atoms with Gasteiger partial charge in [-0.2, -0.15) is 4.31 Å². The third-order valence-electron chi connectivity index (χ3n) is 4.86. The van der Waals surface area contributed by atoms with Gasteiger partial charge in [0.15, 0.2) is 0 Å². The predicted octanol–water partition coefficient (Wildman–Crippen LogP) is 0.439. The van der Waals surface area contributed by atoms with E-state index in [-0.39, 0.29) is 34.4 Å². The van der Waals surface area contributed by atoms with Gasteiger partial charge in [-0.3, -0.25) is 9.59 Å². The average Bonchev–Trinajstić information content (AvgIpc) is 2.73. The number of nitrogens with one attached hydrogen (secondary N) is 1. The molecule has 0 aromatic heterocycles. The SMILES string of the molecule is CC(=O)N1CCN(S(=O)(=O)c2cccc(C(=O)Nc3ccc(S(N)(=O)=O)cc3)c2)CC1. The number of rotatable bonds is 5. The lowest BCUT2D eigenvalue weighted by Gasteiger charge is -2.33. The van der Waals surface area contributed by atoms with Crippen LogP contribution in [0.5, 0.6) is 0 Å². The molecular formula is C19H22N4O6S2. The molecule has 10 nitrogen and oxygen atoms in total. The van der Waals surface area contributed by atoms with E-state index in [0.717, 1.165) is 0 Å². The number of piperazine rings is 1. The molecule has 0 aliphatic carbocycles. The highest BCUT2D eigenvalue weighted by atomic mass is 32.2. The molecule has 3 N–H and O–H groups in total. The first-order chi connectivity index (χ1) is 14.5. The fourth-order valence-corrected chi connectivity index (χ4v) is 5.11. The third kappa shape index (κ3) is 5.28. The Labute approximate surface area is 180 Å². The van der Waals surface area contributed by atoms with Gasteiger partial charge in [-0.05, 0) is 42.5 Å². The highest BCUT2D eigenvalue weighted by Gasteiger charge is 2.29. The van der Waals surface area contributed by atoms with E-state index < -0.39 is 26.0 Å². The molecule has 1 fully saturated rings. The maximum Gasteiger partial charge on any atom is 0.255 e. The van der Waals surface area contributed by atoms with Gasteiger partial charge in [0.25, 0.3) is 5.91 Å². The van der Waals surface area contributed by atoms with Crippen LogP contribution in [0, 0.1) is 0 Å². The van der Waals surface area contributed by atoms with Crippen molar-refractivity contribution in [2.45, 2.75) is 16.7 Å². The van der Waals surface area contributed by atoms with E-state index in [9.17, 15) is 26.4 Å². The van der Waals surface area contributed by atoms with Crippen LogP contribution in [0.1, 0.15) is 17.3 Å². The van der Waals surface area contributed by atoms with Gasteiger partial charge >= 0.3 is 0 Å². The molecule has 31 heavy (non-hydrogen) atoms. The summed E-state index contributed by atoms with van der Waals surface area (Å²) in [7, 11) is -7.67. The maximum absolute atomic E-state index is 13.0. The Morgan fingerprint density at radius 2 is 1.52 bits per heavy atom. The summed E-state index contributed by atoms with van der Waals surface area (Å²) in [6, 6.07) is 10.9. The van der Waals surface area contributed by atoms with Crippen LogP contribution in [0.3, 0.4) is 0 Å². The van der Waals surface area contributed by atoms with Crippen molar-refractivity contribution in [1.82, 2.24) is 9.21 Å². The van der Waals surface area contributed by atoms with Crippen LogP contribution in [0.2, 0.25) is 0 Å². The molecular weight excluding hydrogens is 444 g/mol. The Balaban J connectivity index is 1.75. The van der Waals surface area contributed by atoms with Gasteiger partial charge in [0.1, 0.15) is 0 Å². The number of benzene rings is 2. The summed E-state index contributed by atoms with van der Waals surface area (Å²) in [6.45, 7) is 2.41. The quantitative estimate of drug-likeness (QED) is 0.653.